The lowest BCUT2D eigenvalue weighted by molar-refractivity contribution is -0.339. The van der Waals surface area contributed by atoms with E-state index in [-0.39, 0.29) is 116 Å². The molecule has 120 heavy (non-hydrogen) atoms. The maximum Gasteiger partial charge on any atom is 0.164 e. The van der Waals surface area contributed by atoms with E-state index in [1.54, 1.807) is 0 Å². The summed E-state index contributed by atoms with van der Waals surface area (Å²) in [5.41, 5.74) is 9.23. The highest BCUT2D eigenvalue weighted by molar-refractivity contribution is 8.03. The second-order valence-corrected chi connectivity index (χ2v) is 57.1. The smallest absolute Gasteiger partial charge is 0.164 e. The van der Waals surface area contributed by atoms with Crippen molar-refractivity contribution in [3.8, 4) is 0 Å². The predicted molar refractivity (Wildman–Crippen MR) is 538 cm³/mol. The van der Waals surface area contributed by atoms with Gasteiger partial charge in [-0.25, -0.2) is 0 Å². The summed E-state index contributed by atoms with van der Waals surface area (Å²) < 4.78 is 18.1. The minimum atomic E-state index is -0.438. The van der Waals surface area contributed by atoms with Crippen LogP contribution in [0.1, 0.15) is 463 Å². The first-order valence-electron chi connectivity index (χ1n) is 46.9. The number of hydrogen-bond acceptors (Lipinski definition) is 13. The predicted octanol–water partition coefficient (Wildman–Crippen LogP) is 29.8. The van der Waals surface area contributed by atoms with Gasteiger partial charge in [0.1, 0.15) is 0 Å². The van der Waals surface area contributed by atoms with Crippen molar-refractivity contribution in [2.75, 3.05) is 27.7 Å². The summed E-state index contributed by atoms with van der Waals surface area (Å²) >= 11 is 2.09. The van der Waals surface area contributed by atoms with Crippen molar-refractivity contribution in [3.63, 3.8) is 0 Å². The third-order valence-electron chi connectivity index (χ3n) is 43.7. The molecule has 12 heterocycles. The Bertz CT molecular complexity index is 3480. The van der Waals surface area contributed by atoms with E-state index in [1.165, 1.54) is 30.1 Å². The standard InChI is InChI=1S/C16H31N.C13H27N.3C11H21N.2C9H18N2.C9H18O2.C9H18O.C9H18S/c1-12(2)14(5,6)17-11-10-16(12,9)13(3,4)15(17,7)8;1-10(2)11(3,4)13(7,8)14(9)12(10,5)6;3*1-8-9(2,3)10(4,5)11(6,7)12-8;2*1-7-10-8(2,3)9(4,5)11(7)6;1-7(2)8(3,4)11-9(5,6)10-7;2*1-7(2)8(3,4)10-9(7,5)6/h10-11H2,1-9H3;1-9H3;3*1-7H3;3*1-6H3;2*1-6H3. The van der Waals surface area contributed by atoms with Crippen LogP contribution in [0.4, 0.5) is 0 Å². The molecule has 0 atom stereocenters. The Balaban J connectivity index is 0.000000454. The van der Waals surface area contributed by atoms with Crippen LogP contribution < -0.4 is 0 Å². The number of aliphatic imine (C=N–C) groups is 5. The lowest BCUT2D eigenvalue weighted by Crippen LogP contribution is -2.82. The Morgan fingerprint density at radius 3 is 0.558 bits per heavy atom. The van der Waals surface area contributed by atoms with Gasteiger partial charge in [-0.3, -0.25) is 34.8 Å². The highest BCUT2D eigenvalue weighted by atomic mass is 32.2. The number of piperidine rings is 3. The monoisotopic (exact) mass is 1700 g/mol. The van der Waals surface area contributed by atoms with E-state index in [9.17, 15) is 0 Å². The number of ether oxygens (including phenoxy) is 3. The van der Waals surface area contributed by atoms with E-state index in [0.29, 0.717) is 47.4 Å². The Hall–Kier alpha value is -1.90. The van der Waals surface area contributed by atoms with E-state index in [4.69, 9.17) is 29.2 Å². The van der Waals surface area contributed by atoms with Crippen molar-refractivity contribution in [2.24, 2.45) is 95.4 Å². The maximum atomic E-state index is 5.73. The van der Waals surface area contributed by atoms with Gasteiger partial charge < -0.3 is 24.0 Å². The molecule has 0 amide bonds. The zero-order chi connectivity index (χ0) is 97.5. The molecule has 0 spiro atoms. The van der Waals surface area contributed by atoms with Gasteiger partial charge >= 0.3 is 0 Å². The molecule has 0 aromatic rings. The molecule has 0 N–H and O–H groups in total. The number of likely N-dealkylation sites (N-methyl/N-ethyl adjacent to an activating group) is 2. The van der Waals surface area contributed by atoms with Gasteiger partial charge in [0.2, 0.25) is 0 Å². The lowest BCUT2D eigenvalue weighted by Gasteiger charge is -2.79. The summed E-state index contributed by atoms with van der Waals surface area (Å²) in [4.78, 5) is 33.2. The van der Waals surface area contributed by atoms with Crippen LogP contribution in [0.2, 0.25) is 0 Å². The van der Waals surface area contributed by atoms with Crippen molar-refractivity contribution < 1.29 is 14.2 Å². The first-order valence-corrected chi connectivity index (χ1v) is 47.7. The van der Waals surface area contributed by atoms with E-state index >= 15 is 0 Å². The first-order chi connectivity index (χ1) is 51.3. The van der Waals surface area contributed by atoms with Crippen LogP contribution in [-0.2, 0) is 14.2 Å². The third-order valence-corrected chi connectivity index (χ3v) is 45.7. The molecule has 708 valence electrons. The Morgan fingerprint density at radius 1 is 0.242 bits per heavy atom. The molecule has 0 unspecified atom stereocenters. The van der Waals surface area contributed by atoms with Gasteiger partial charge in [-0.1, -0.05) is 201 Å². The molecule has 13 heteroatoms. The summed E-state index contributed by atoms with van der Waals surface area (Å²) in [5, 5.41) is 0. The number of hydrogen-bond donors (Lipinski definition) is 0. The van der Waals surface area contributed by atoms with Gasteiger partial charge in [0.25, 0.3) is 0 Å². The fourth-order valence-electron chi connectivity index (χ4n) is 21.3. The van der Waals surface area contributed by atoms with Gasteiger partial charge in [-0.15, -0.1) is 11.8 Å². The molecule has 7 saturated heterocycles. The Kier molecular flexibility index (Phi) is 30.4. The molecule has 0 aromatic heterocycles. The minimum Gasteiger partial charge on any atom is -0.368 e. The van der Waals surface area contributed by atoms with E-state index in [2.05, 4.69) is 506 Å². The Morgan fingerprint density at radius 2 is 0.475 bits per heavy atom. The van der Waals surface area contributed by atoms with E-state index in [0.717, 1.165) is 11.7 Å². The van der Waals surface area contributed by atoms with Crippen molar-refractivity contribution in [2.45, 2.75) is 562 Å². The van der Waals surface area contributed by atoms with Crippen molar-refractivity contribution in [1.82, 2.24) is 19.6 Å². The molecule has 12 nitrogen and oxygen atoms in total. The van der Waals surface area contributed by atoms with Gasteiger partial charge in [-0.05, 0) is 325 Å². The molecule has 12 aliphatic rings. The largest absolute Gasteiger partial charge is 0.368 e. The quantitative estimate of drug-likeness (QED) is 0.236. The normalized spacial score (nSPS) is 32.6. The van der Waals surface area contributed by atoms with E-state index < -0.39 is 5.79 Å². The summed E-state index contributed by atoms with van der Waals surface area (Å²) in [6.07, 6.45) is 1.33. The van der Waals surface area contributed by atoms with Crippen LogP contribution in [0, 0.1) is 70.4 Å². The first kappa shape index (κ1) is 114. The molecular weight excluding hydrogens is 1490 g/mol. The third kappa shape index (κ3) is 17.7. The maximum absolute atomic E-state index is 5.73. The molecule has 12 aliphatic heterocycles. The topological polar surface area (TPSA) is 102 Å². The minimum absolute atomic E-state index is 0.0475. The fraction of sp³-hybridized carbons (Fsp3) is 0.953. The van der Waals surface area contributed by atoms with Gasteiger partial charge in [-0.2, -0.15) is 0 Å². The molecule has 12 rings (SSSR count). The van der Waals surface area contributed by atoms with E-state index in [1.807, 2.05) is 13.8 Å². The van der Waals surface area contributed by atoms with Crippen molar-refractivity contribution in [3.05, 3.63) is 0 Å². The highest BCUT2D eigenvalue weighted by Gasteiger charge is 2.73. The van der Waals surface area contributed by atoms with Gasteiger partial charge in [0, 0.05) is 84.5 Å². The number of rotatable bonds is 0. The van der Waals surface area contributed by atoms with Crippen LogP contribution in [0.15, 0.2) is 25.0 Å². The molecule has 7 fully saturated rings. The summed E-state index contributed by atoms with van der Waals surface area (Å²) in [6.45, 7) is 151. The average molecular weight is 1700 g/mol. The SMILES string of the molecule is CC1(C)N2CCC(C)(C1(C)C)C(C)(C)C2(C)C.CC1(C)OC(C)(C)C(C)(C)O1.CC1(C)OC(C)(C)C1(C)C.CC1(C)SC(C)(C)C1(C)C.CC1=NC(C)(C)C(C)(C)C1(C)C.CC1=NC(C)(C)C(C)(C)C1(C)C.CC1=NC(C)(C)C(C)(C)C1(C)C.CC1=NC(C)(C)C(C)(C)N1C.CC1=NC(C)(C)C(C)(C)N1C.CN1C(C)(C)C(C)(C)C(C)(C)C1(C)C. The summed E-state index contributed by atoms with van der Waals surface area (Å²) in [7, 11) is 6.47. The molecule has 0 saturated carbocycles. The average Bonchev–Trinajstić information content (AvgIpc) is 0.911. The fourth-order valence-corrected chi connectivity index (χ4v) is 23.5. The number of nitrogens with zero attached hydrogens (tertiary/aromatic N) is 9. The molecule has 0 aliphatic carbocycles. The van der Waals surface area contributed by atoms with Gasteiger partial charge in [0.05, 0.1) is 72.8 Å². The second-order valence-electron chi connectivity index (χ2n) is 54.8. The molecular formula is C107H211N9O3S. The zero-order valence-corrected chi connectivity index (χ0v) is 94.9. The zero-order valence-electron chi connectivity index (χ0n) is 94.1. The van der Waals surface area contributed by atoms with Crippen LogP contribution in [0.3, 0.4) is 0 Å². The van der Waals surface area contributed by atoms with Crippen LogP contribution in [0.25, 0.3) is 0 Å². The summed E-state index contributed by atoms with van der Waals surface area (Å²) in [6, 6.07) is 0. The van der Waals surface area contributed by atoms with Crippen LogP contribution in [-0.4, -0.2) is 175 Å². The molecule has 2 bridgehead atoms. The lowest BCUT2D eigenvalue weighted by atomic mass is 9.37. The number of likely N-dealkylation sites (tertiary alicyclic amines) is 1. The van der Waals surface area contributed by atoms with Gasteiger partial charge in [0.15, 0.2) is 5.79 Å². The van der Waals surface area contributed by atoms with Crippen LogP contribution >= 0.6 is 11.8 Å². The molecule has 0 radical (unpaired) electrons. The van der Waals surface area contributed by atoms with Crippen LogP contribution in [0.5, 0.6) is 0 Å². The number of amidine groups is 2. The molecule has 0 aromatic carbocycles. The summed E-state index contributed by atoms with van der Waals surface area (Å²) in [5.74, 6) is 1.84. The number of fused-ring (bicyclic) bond motifs is 3. The van der Waals surface area contributed by atoms with Crippen molar-refractivity contribution >= 4 is 40.6 Å². The van der Waals surface area contributed by atoms with Crippen molar-refractivity contribution in [1.29, 1.82) is 0 Å². The Labute approximate surface area is 754 Å². The number of thioether (sulfide) groups is 1. The highest BCUT2D eigenvalue weighted by Crippen LogP contribution is 2.72. The second kappa shape index (κ2) is 32.0.